The predicted octanol–water partition coefficient (Wildman–Crippen LogP) is 3.39. The first-order valence-corrected chi connectivity index (χ1v) is 7.23. The molecule has 0 spiro atoms. The Bertz CT molecular complexity index is 237. The summed E-state index contributed by atoms with van der Waals surface area (Å²) in [7, 11) is 1.62. The lowest BCUT2D eigenvalue weighted by Crippen LogP contribution is -2.40. The molecule has 3 nitrogen and oxygen atoms in total. The van der Waals surface area contributed by atoms with E-state index in [9.17, 15) is 13.2 Å². The summed E-state index contributed by atoms with van der Waals surface area (Å²) in [6.07, 6.45) is -0.565. The van der Waals surface area contributed by atoms with Gasteiger partial charge in [0.05, 0.1) is 13.2 Å². The van der Waals surface area contributed by atoms with E-state index in [-0.39, 0.29) is 12.0 Å². The minimum Gasteiger partial charge on any atom is -0.383 e. The largest absolute Gasteiger partial charge is 0.411 e. The van der Waals surface area contributed by atoms with Crippen LogP contribution in [-0.4, -0.2) is 46.2 Å². The van der Waals surface area contributed by atoms with Gasteiger partial charge in [0.2, 0.25) is 0 Å². The summed E-state index contributed by atoms with van der Waals surface area (Å²) >= 11 is 0. The van der Waals surface area contributed by atoms with Crippen molar-refractivity contribution in [3.8, 4) is 0 Å². The summed E-state index contributed by atoms with van der Waals surface area (Å²) < 4.78 is 46.4. The maximum Gasteiger partial charge on any atom is 0.411 e. The van der Waals surface area contributed by atoms with Gasteiger partial charge >= 0.3 is 6.18 Å². The van der Waals surface area contributed by atoms with Gasteiger partial charge in [-0.3, -0.25) is 0 Å². The average molecular weight is 299 g/mol. The summed E-state index contributed by atoms with van der Waals surface area (Å²) in [5, 5.41) is 3.25. The molecule has 0 saturated heterocycles. The Morgan fingerprint density at radius 2 is 1.80 bits per heavy atom. The van der Waals surface area contributed by atoms with Crippen LogP contribution >= 0.6 is 0 Å². The highest BCUT2D eigenvalue weighted by Crippen LogP contribution is 2.29. The van der Waals surface area contributed by atoms with E-state index in [2.05, 4.69) is 12.2 Å². The molecule has 6 heteroatoms. The number of nitrogens with one attached hydrogen (secondary N) is 1. The fourth-order valence-electron chi connectivity index (χ4n) is 2.08. The van der Waals surface area contributed by atoms with Crippen molar-refractivity contribution in [1.82, 2.24) is 5.32 Å². The molecule has 0 aromatic heterocycles. The zero-order valence-corrected chi connectivity index (χ0v) is 12.8. The van der Waals surface area contributed by atoms with Crippen molar-refractivity contribution in [2.75, 3.05) is 40.0 Å². The van der Waals surface area contributed by atoms with Gasteiger partial charge in [0.15, 0.2) is 0 Å². The molecule has 122 valence electrons. The SMILES string of the molecule is CCCCC(CC)(CNCCOC)COCC(F)(F)F. The predicted molar refractivity (Wildman–Crippen MR) is 73.9 cm³/mol. The van der Waals surface area contributed by atoms with E-state index in [1.165, 1.54) is 0 Å². The summed E-state index contributed by atoms with van der Waals surface area (Å²) in [5.74, 6) is 0. The number of ether oxygens (including phenoxy) is 2. The van der Waals surface area contributed by atoms with Crippen LogP contribution in [0.3, 0.4) is 0 Å². The average Bonchev–Trinajstić information content (AvgIpc) is 2.39. The molecular weight excluding hydrogens is 271 g/mol. The monoisotopic (exact) mass is 299 g/mol. The summed E-state index contributed by atoms with van der Waals surface area (Å²) in [6.45, 7) is 5.01. The van der Waals surface area contributed by atoms with Gasteiger partial charge in [-0.25, -0.2) is 0 Å². The van der Waals surface area contributed by atoms with E-state index in [1.54, 1.807) is 7.11 Å². The second-order valence-electron chi connectivity index (χ2n) is 5.23. The van der Waals surface area contributed by atoms with Gasteiger partial charge in [-0.05, 0) is 12.8 Å². The van der Waals surface area contributed by atoms with Crippen LogP contribution in [-0.2, 0) is 9.47 Å². The summed E-state index contributed by atoms with van der Waals surface area (Å²) in [5.41, 5.74) is -0.227. The molecule has 0 aliphatic carbocycles. The number of unbranched alkanes of at least 4 members (excludes halogenated alkanes) is 1. The fourth-order valence-corrected chi connectivity index (χ4v) is 2.08. The van der Waals surface area contributed by atoms with E-state index in [1.807, 2.05) is 6.92 Å². The van der Waals surface area contributed by atoms with E-state index >= 15 is 0 Å². The topological polar surface area (TPSA) is 30.5 Å². The smallest absolute Gasteiger partial charge is 0.383 e. The van der Waals surface area contributed by atoms with Gasteiger partial charge in [-0.1, -0.05) is 26.7 Å². The molecule has 0 radical (unpaired) electrons. The van der Waals surface area contributed by atoms with Crippen molar-refractivity contribution < 1.29 is 22.6 Å². The van der Waals surface area contributed by atoms with E-state index in [4.69, 9.17) is 9.47 Å². The maximum absolute atomic E-state index is 12.2. The number of alkyl halides is 3. The number of halogens is 3. The van der Waals surface area contributed by atoms with Gasteiger partial charge in [-0.15, -0.1) is 0 Å². The van der Waals surface area contributed by atoms with Gasteiger partial charge < -0.3 is 14.8 Å². The Morgan fingerprint density at radius 3 is 2.30 bits per heavy atom. The van der Waals surface area contributed by atoms with Crippen LogP contribution in [0.1, 0.15) is 39.5 Å². The van der Waals surface area contributed by atoms with E-state index < -0.39 is 12.8 Å². The third-order valence-corrected chi connectivity index (χ3v) is 3.47. The molecule has 0 aromatic carbocycles. The van der Waals surface area contributed by atoms with Crippen LogP contribution in [0, 0.1) is 5.41 Å². The molecule has 0 aliphatic heterocycles. The lowest BCUT2D eigenvalue weighted by molar-refractivity contribution is -0.181. The van der Waals surface area contributed by atoms with Crippen LogP contribution in [0.5, 0.6) is 0 Å². The highest BCUT2D eigenvalue weighted by atomic mass is 19.4. The highest BCUT2D eigenvalue weighted by molar-refractivity contribution is 4.80. The molecular formula is C14H28F3NO2. The molecule has 0 aliphatic rings. The Morgan fingerprint density at radius 1 is 1.10 bits per heavy atom. The van der Waals surface area contributed by atoms with E-state index in [0.29, 0.717) is 19.7 Å². The molecule has 0 saturated carbocycles. The summed E-state index contributed by atoms with van der Waals surface area (Å²) in [4.78, 5) is 0. The fraction of sp³-hybridized carbons (Fsp3) is 1.00. The number of hydrogen-bond acceptors (Lipinski definition) is 3. The third kappa shape index (κ3) is 9.55. The van der Waals surface area contributed by atoms with Gasteiger partial charge in [0, 0.05) is 25.6 Å². The second kappa shape index (κ2) is 10.4. The van der Waals surface area contributed by atoms with Crippen LogP contribution in [0.25, 0.3) is 0 Å². The van der Waals surface area contributed by atoms with Gasteiger partial charge in [0.25, 0.3) is 0 Å². The number of hydrogen-bond donors (Lipinski definition) is 1. The van der Waals surface area contributed by atoms with Crippen molar-refractivity contribution in [2.45, 2.75) is 45.7 Å². The normalized spacial score (nSPS) is 15.3. The third-order valence-electron chi connectivity index (χ3n) is 3.47. The maximum atomic E-state index is 12.2. The molecule has 1 unspecified atom stereocenters. The number of methoxy groups -OCH3 is 1. The van der Waals surface area contributed by atoms with Crippen molar-refractivity contribution in [1.29, 1.82) is 0 Å². The van der Waals surface area contributed by atoms with Gasteiger partial charge in [-0.2, -0.15) is 13.2 Å². The first-order valence-electron chi connectivity index (χ1n) is 7.23. The minimum absolute atomic E-state index is 0.142. The van der Waals surface area contributed by atoms with E-state index in [0.717, 1.165) is 25.7 Å². The summed E-state index contributed by atoms with van der Waals surface area (Å²) in [6, 6.07) is 0. The zero-order chi connectivity index (χ0) is 15.5. The molecule has 0 amide bonds. The van der Waals surface area contributed by atoms with Crippen LogP contribution in [0.2, 0.25) is 0 Å². The molecule has 0 aromatic rings. The molecule has 0 bridgehead atoms. The quantitative estimate of drug-likeness (QED) is 0.560. The lowest BCUT2D eigenvalue weighted by atomic mass is 9.81. The molecule has 0 rings (SSSR count). The van der Waals surface area contributed by atoms with Crippen molar-refractivity contribution >= 4 is 0 Å². The molecule has 0 heterocycles. The lowest BCUT2D eigenvalue weighted by Gasteiger charge is -2.33. The van der Waals surface area contributed by atoms with Gasteiger partial charge in [0.1, 0.15) is 6.61 Å². The Balaban J connectivity index is 4.34. The molecule has 20 heavy (non-hydrogen) atoms. The Kier molecular flexibility index (Phi) is 10.2. The zero-order valence-electron chi connectivity index (χ0n) is 12.8. The molecule has 1 N–H and O–H groups in total. The first kappa shape index (κ1) is 19.7. The van der Waals surface area contributed by atoms with Crippen molar-refractivity contribution in [2.24, 2.45) is 5.41 Å². The minimum atomic E-state index is -4.26. The first-order chi connectivity index (χ1) is 9.39. The Hall–Kier alpha value is -0.330. The van der Waals surface area contributed by atoms with Crippen LogP contribution < -0.4 is 5.32 Å². The Labute approximate surface area is 120 Å². The highest BCUT2D eigenvalue weighted by Gasteiger charge is 2.32. The van der Waals surface area contributed by atoms with Crippen LogP contribution in [0.15, 0.2) is 0 Å². The number of rotatable bonds is 12. The van der Waals surface area contributed by atoms with Crippen LogP contribution in [0.4, 0.5) is 13.2 Å². The molecule has 0 fully saturated rings. The second-order valence-corrected chi connectivity index (χ2v) is 5.23. The van der Waals surface area contributed by atoms with Crippen molar-refractivity contribution in [3.05, 3.63) is 0 Å². The van der Waals surface area contributed by atoms with Crippen molar-refractivity contribution in [3.63, 3.8) is 0 Å². The molecule has 1 atom stereocenters. The standard InChI is InChI=1S/C14H28F3NO2/c1-4-6-7-13(5-2,10-18-8-9-19-3)11-20-12-14(15,16)17/h18H,4-12H2,1-3H3.